The molecule has 0 aliphatic heterocycles. The molecule has 5 nitrogen and oxygen atoms in total. The minimum atomic E-state index is 0.612. The number of fused-ring (bicyclic) bond motifs is 11. The van der Waals surface area contributed by atoms with E-state index in [1.54, 1.807) is 0 Å². The molecule has 0 unspecified atom stereocenters. The normalized spacial score (nSPS) is 11.8. The lowest BCUT2D eigenvalue weighted by molar-refractivity contribution is 0.996. The van der Waals surface area contributed by atoms with Gasteiger partial charge in [0.05, 0.1) is 39.0 Å². The van der Waals surface area contributed by atoms with E-state index in [4.69, 9.17) is 15.0 Å². The monoisotopic (exact) mass is 739 g/mol. The van der Waals surface area contributed by atoms with Crippen molar-refractivity contribution in [3.05, 3.63) is 200 Å². The van der Waals surface area contributed by atoms with Crippen LogP contribution in [0.15, 0.2) is 200 Å². The number of benzene rings is 8. The number of aromatic nitrogens is 5. The second-order valence-corrected chi connectivity index (χ2v) is 14.9. The van der Waals surface area contributed by atoms with Crippen molar-refractivity contribution in [1.82, 2.24) is 23.9 Å². The summed E-state index contributed by atoms with van der Waals surface area (Å²) in [4.78, 5) is 16.1. The molecule has 0 aliphatic carbocycles. The Balaban J connectivity index is 1.17. The Morgan fingerprint density at radius 3 is 1.48 bits per heavy atom. The molecular weight excluding hydrogens is 707 g/mol. The van der Waals surface area contributed by atoms with E-state index in [2.05, 4.69) is 209 Å². The number of hydrogen-bond donors (Lipinski definition) is 0. The highest BCUT2D eigenvalue weighted by Gasteiger charge is 2.21. The highest BCUT2D eigenvalue weighted by atomic mass is 15.2. The van der Waals surface area contributed by atoms with Gasteiger partial charge in [0, 0.05) is 32.7 Å². The number of pyridine rings is 1. The van der Waals surface area contributed by atoms with Crippen molar-refractivity contribution in [3.8, 4) is 50.7 Å². The van der Waals surface area contributed by atoms with Crippen LogP contribution < -0.4 is 0 Å². The van der Waals surface area contributed by atoms with Gasteiger partial charge in [-0.15, -0.1) is 0 Å². The van der Waals surface area contributed by atoms with Crippen molar-refractivity contribution in [2.24, 2.45) is 0 Å². The van der Waals surface area contributed by atoms with E-state index in [9.17, 15) is 0 Å². The Labute approximate surface area is 333 Å². The molecule has 0 fully saturated rings. The topological polar surface area (TPSA) is 48.0 Å². The quantitative estimate of drug-likeness (QED) is 0.165. The SMILES string of the molecule is c1ccc(-c2cccc(-c3cc(-c4cccc(-c5ccccc5)c4)nc(-n4c5ccccc5c5cc6c7ccccc7c7nc8ccccc8n7c6cc54)n3)c2)cc1. The first-order valence-corrected chi connectivity index (χ1v) is 19.6. The third kappa shape index (κ3) is 5.07. The van der Waals surface area contributed by atoms with Crippen LogP contribution in [0.3, 0.4) is 0 Å². The molecule has 58 heavy (non-hydrogen) atoms. The molecule has 0 aliphatic rings. The summed E-state index contributed by atoms with van der Waals surface area (Å²) in [5.41, 5.74) is 14.5. The molecule has 0 amide bonds. The molecule has 0 bridgehead atoms. The van der Waals surface area contributed by atoms with Crippen molar-refractivity contribution < 1.29 is 0 Å². The van der Waals surface area contributed by atoms with Crippen molar-refractivity contribution in [2.75, 3.05) is 0 Å². The molecule has 0 N–H and O–H groups in total. The highest BCUT2D eigenvalue weighted by molar-refractivity contribution is 6.20. The van der Waals surface area contributed by atoms with Crippen molar-refractivity contribution in [2.45, 2.75) is 0 Å². The lowest BCUT2D eigenvalue weighted by Gasteiger charge is -2.14. The molecule has 0 spiro atoms. The van der Waals surface area contributed by atoms with Gasteiger partial charge in [0.25, 0.3) is 0 Å². The van der Waals surface area contributed by atoms with Crippen LogP contribution in [-0.2, 0) is 0 Å². The van der Waals surface area contributed by atoms with Crippen LogP contribution in [0.25, 0.3) is 111 Å². The van der Waals surface area contributed by atoms with Gasteiger partial charge >= 0.3 is 0 Å². The van der Waals surface area contributed by atoms with Gasteiger partial charge in [0.15, 0.2) is 0 Å². The number of para-hydroxylation sites is 3. The number of rotatable bonds is 5. The maximum atomic E-state index is 5.45. The number of imidazole rings is 1. The Morgan fingerprint density at radius 1 is 0.293 bits per heavy atom. The Morgan fingerprint density at radius 2 is 0.810 bits per heavy atom. The number of hydrogen-bond acceptors (Lipinski definition) is 3. The maximum absolute atomic E-state index is 5.45. The molecule has 0 radical (unpaired) electrons. The average molecular weight is 740 g/mol. The summed E-state index contributed by atoms with van der Waals surface area (Å²) in [5.74, 6) is 0.612. The molecule has 12 aromatic rings. The van der Waals surface area contributed by atoms with Crippen LogP contribution in [0.1, 0.15) is 0 Å². The van der Waals surface area contributed by atoms with Crippen molar-refractivity contribution >= 4 is 60.2 Å². The van der Waals surface area contributed by atoms with Gasteiger partial charge in [-0.25, -0.2) is 15.0 Å². The van der Waals surface area contributed by atoms with Crippen molar-refractivity contribution in [3.63, 3.8) is 0 Å². The highest BCUT2D eigenvalue weighted by Crippen LogP contribution is 2.40. The smallest absolute Gasteiger partial charge is 0.235 e. The largest absolute Gasteiger partial charge is 0.292 e. The standard InChI is InChI=1S/C53H33N5/c1-3-15-34(16-4-1)36-19-13-21-38(29-36)46-32-47(39-22-14-20-37(30-39)35-17-5-2-6-18-35)56-53(55-46)58-48-27-11-9-24-41(48)44-31-43-40-23-7-8-25-42(40)52-54-45-26-10-12-28-49(45)57(52)50(43)33-51(44)58/h1-33H. The van der Waals surface area contributed by atoms with E-state index in [0.717, 1.165) is 94.2 Å². The van der Waals surface area contributed by atoms with Gasteiger partial charge in [-0.1, -0.05) is 152 Å². The third-order valence-electron chi connectivity index (χ3n) is 11.5. The zero-order chi connectivity index (χ0) is 38.2. The molecule has 4 aromatic heterocycles. The maximum Gasteiger partial charge on any atom is 0.235 e. The first-order valence-electron chi connectivity index (χ1n) is 19.6. The van der Waals surface area contributed by atoms with Gasteiger partial charge < -0.3 is 0 Å². The van der Waals surface area contributed by atoms with Crippen LogP contribution in [-0.4, -0.2) is 23.9 Å². The summed E-state index contributed by atoms with van der Waals surface area (Å²) in [6.45, 7) is 0. The molecule has 0 saturated carbocycles. The first-order chi connectivity index (χ1) is 28.7. The summed E-state index contributed by atoms with van der Waals surface area (Å²) >= 11 is 0. The van der Waals surface area contributed by atoms with E-state index in [-0.39, 0.29) is 0 Å². The van der Waals surface area contributed by atoms with E-state index in [1.165, 1.54) is 10.8 Å². The summed E-state index contributed by atoms with van der Waals surface area (Å²) < 4.78 is 4.57. The zero-order valence-corrected chi connectivity index (χ0v) is 31.3. The fourth-order valence-corrected chi connectivity index (χ4v) is 8.79. The minimum absolute atomic E-state index is 0.612. The third-order valence-corrected chi connectivity index (χ3v) is 11.5. The predicted octanol–water partition coefficient (Wildman–Crippen LogP) is 13.3. The van der Waals surface area contributed by atoms with E-state index in [0.29, 0.717) is 5.95 Å². The van der Waals surface area contributed by atoms with Gasteiger partial charge in [-0.3, -0.25) is 8.97 Å². The molecule has 0 atom stereocenters. The van der Waals surface area contributed by atoms with Crippen LogP contribution in [0.5, 0.6) is 0 Å². The number of nitrogens with zero attached hydrogens (tertiary/aromatic N) is 5. The van der Waals surface area contributed by atoms with E-state index in [1.807, 2.05) is 0 Å². The minimum Gasteiger partial charge on any atom is -0.292 e. The Hall–Kier alpha value is -7.89. The van der Waals surface area contributed by atoms with Gasteiger partial charge in [-0.2, -0.15) is 0 Å². The lowest BCUT2D eigenvalue weighted by atomic mass is 9.99. The summed E-state index contributed by atoms with van der Waals surface area (Å²) in [6.07, 6.45) is 0. The van der Waals surface area contributed by atoms with Crippen LogP contribution in [0.4, 0.5) is 0 Å². The fraction of sp³-hybridized carbons (Fsp3) is 0. The summed E-state index contributed by atoms with van der Waals surface area (Å²) in [5, 5.41) is 5.77. The Kier molecular flexibility index (Phi) is 7.16. The molecule has 4 heterocycles. The van der Waals surface area contributed by atoms with Crippen molar-refractivity contribution in [1.29, 1.82) is 0 Å². The van der Waals surface area contributed by atoms with Crippen LogP contribution >= 0.6 is 0 Å². The average Bonchev–Trinajstić information content (AvgIpc) is 3.85. The summed E-state index contributed by atoms with van der Waals surface area (Å²) in [7, 11) is 0. The molecule has 5 heteroatoms. The Bertz CT molecular complexity index is 3460. The molecule has 270 valence electrons. The van der Waals surface area contributed by atoms with Crippen LogP contribution in [0, 0.1) is 0 Å². The van der Waals surface area contributed by atoms with Crippen LogP contribution in [0.2, 0.25) is 0 Å². The molecular formula is C53H33N5. The van der Waals surface area contributed by atoms with E-state index >= 15 is 0 Å². The molecule has 12 rings (SSSR count). The predicted molar refractivity (Wildman–Crippen MR) is 239 cm³/mol. The second-order valence-electron chi connectivity index (χ2n) is 14.9. The van der Waals surface area contributed by atoms with Gasteiger partial charge in [0.2, 0.25) is 5.95 Å². The fourth-order valence-electron chi connectivity index (χ4n) is 8.79. The zero-order valence-electron chi connectivity index (χ0n) is 31.3. The van der Waals surface area contributed by atoms with Gasteiger partial charge in [-0.05, 0) is 76.2 Å². The van der Waals surface area contributed by atoms with E-state index < -0.39 is 0 Å². The molecule has 8 aromatic carbocycles. The molecule has 0 saturated heterocycles. The lowest BCUT2D eigenvalue weighted by Crippen LogP contribution is -2.04. The summed E-state index contributed by atoms with van der Waals surface area (Å²) in [6, 6.07) is 70.8. The van der Waals surface area contributed by atoms with Gasteiger partial charge in [0.1, 0.15) is 5.65 Å². The first kappa shape index (κ1) is 32.4. The second kappa shape index (κ2) is 12.8.